The zero-order chi connectivity index (χ0) is 9.14. The Morgan fingerprint density at radius 2 is 2.33 bits per heavy atom. The lowest BCUT2D eigenvalue weighted by Gasteiger charge is -1.96. The number of aromatic nitrogens is 1. The lowest BCUT2D eigenvalue weighted by atomic mass is 10.2. The summed E-state index contributed by atoms with van der Waals surface area (Å²) in [4.78, 5) is 24.3. The van der Waals surface area contributed by atoms with Crippen LogP contribution in [0, 0.1) is 5.82 Å². The molecule has 1 aromatic heterocycles. The number of halogens is 1. The molecule has 1 aromatic rings. The Morgan fingerprint density at radius 3 is 2.75 bits per heavy atom. The minimum atomic E-state index is -0.757. The molecule has 0 spiro atoms. The van der Waals surface area contributed by atoms with Gasteiger partial charge in [0, 0.05) is 18.7 Å². The van der Waals surface area contributed by atoms with Crippen LogP contribution < -0.4 is 0 Å². The zero-order valence-corrected chi connectivity index (χ0v) is 6.37. The van der Waals surface area contributed by atoms with E-state index in [1.54, 1.807) is 0 Å². The minimum Gasteiger partial charge on any atom is -0.298 e. The Balaban J connectivity index is 3.20. The van der Waals surface area contributed by atoms with Gasteiger partial charge >= 0.3 is 0 Å². The smallest absolute Gasteiger partial charge is 0.181 e. The fourth-order valence-electron chi connectivity index (χ4n) is 0.776. The molecule has 0 aromatic carbocycles. The number of nitrogens with zero attached hydrogens (tertiary/aromatic N) is 1. The molecule has 4 heteroatoms. The van der Waals surface area contributed by atoms with Gasteiger partial charge in [-0.3, -0.25) is 9.59 Å². The van der Waals surface area contributed by atoms with Crippen molar-refractivity contribution in [3.05, 3.63) is 29.3 Å². The normalized spacial score (nSPS) is 9.50. The SMILES string of the molecule is CC(=O)c1ncc(C=O)cc1F. The molecule has 0 atom stereocenters. The van der Waals surface area contributed by atoms with Crippen LogP contribution in [0.3, 0.4) is 0 Å². The number of rotatable bonds is 2. The maximum atomic E-state index is 12.8. The van der Waals surface area contributed by atoms with Gasteiger partial charge in [0.05, 0.1) is 0 Å². The Labute approximate surface area is 68.2 Å². The fraction of sp³-hybridized carbons (Fsp3) is 0.125. The van der Waals surface area contributed by atoms with Crippen LogP contribution >= 0.6 is 0 Å². The molecular formula is C8H6FNO2. The molecule has 0 radical (unpaired) electrons. The van der Waals surface area contributed by atoms with Crippen molar-refractivity contribution >= 4 is 12.1 Å². The molecule has 0 aliphatic rings. The van der Waals surface area contributed by atoms with Crippen molar-refractivity contribution in [3.8, 4) is 0 Å². The van der Waals surface area contributed by atoms with E-state index in [-0.39, 0.29) is 11.3 Å². The first-order chi connectivity index (χ1) is 5.65. The number of Topliss-reactive ketones (excluding diaryl/α,β-unsaturated/α-hetero) is 1. The van der Waals surface area contributed by atoms with Crippen molar-refractivity contribution in [1.29, 1.82) is 0 Å². The molecule has 62 valence electrons. The number of ketones is 1. The monoisotopic (exact) mass is 167 g/mol. The van der Waals surface area contributed by atoms with Crippen LogP contribution in [0.25, 0.3) is 0 Å². The third-order valence-corrected chi connectivity index (χ3v) is 1.33. The molecule has 3 nitrogen and oxygen atoms in total. The summed E-state index contributed by atoms with van der Waals surface area (Å²) in [5.41, 5.74) is -0.113. The van der Waals surface area contributed by atoms with Crippen LogP contribution in [0.1, 0.15) is 27.8 Å². The van der Waals surface area contributed by atoms with Crippen LogP contribution in [0.4, 0.5) is 4.39 Å². The molecule has 1 heterocycles. The number of carbonyl (C=O) groups is 2. The third-order valence-electron chi connectivity index (χ3n) is 1.33. The summed E-state index contributed by atoms with van der Waals surface area (Å²) >= 11 is 0. The van der Waals surface area contributed by atoms with Gasteiger partial charge in [-0.1, -0.05) is 0 Å². The topological polar surface area (TPSA) is 47.0 Å². The second-order valence-electron chi connectivity index (χ2n) is 2.27. The van der Waals surface area contributed by atoms with Gasteiger partial charge in [0.1, 0.15) is 5.69 Å². The van der Waals surface area contributed by atoms with Crippen molar-refractivity contribution in [2.75, 3.05) is 0 Å². The van der Waals surface area contributed by atoms with E-state index in [4.69, 9.17) is 0 Å². The number of pyridine rings is 1. The van der Waals surface area contributed by atoms with E-state index in [2.05, 4.69) is 4.98 Å². The van der Waals surface area contributed by atoms with E-state index in [0.717, 1.165) is 12.3 Å². The van der Waals surface area contributed by atoms with E-state index in [9.17, 15) is 14.0 Å². The molecule has 12 heavy (non-hydrogen) atoms. The van der Waals surface area contributed by atoms with Crippen LogP contribution in [0.2, 0.25) is 0 Å². The van der Waals surface area contributed by atoms with Gasteiger partial charge in [0.25, 0.3) is 0 Å². The van der Waals surface area contributed by atoms with Crippen LogP contribution in [-0.2, 0) is 0 Å². The average molecular weight is 167 g/mol. The first-order valence-corrected chi connectivity index (χ1v) is 3.27. The van der Waals surface area contributed by atoms with Crippen molar-refractivity contribution in [2.24, 2.45) is 0 Å². The molecule has 0 saturated carbocycles. The van der Waals surface area contributed by atoms with Gasteiger partial charge in [-0.15, -0.1) is 0 Å². The summed E-state index contributed by atoms with van der Waals surface area (Å²) < 4.78 is 12.8. The van der Waals surface area contributed by atoms with Crippen molar-refractivity contribution in [2.45, 2.75) is 6.92 Å². The highest BCUT2D eigenvalue weighted by molar-refractivity contribution is 5.92. The molecule has 0 aliphatic heterocycles. The molecule has 0 saturated heterocycles. The molecule has 0 amide bonds. The summed E-state index contributed by atoms with van der Waals surface area (Å²) in [6, 6.07) is 0.983. The Kier molecular flexibility index (Phi) is 2.28. The van der Waals surface area contributed by atoms with Crippen LogP contribution in [-0.4, -0.2) is 17.1 Å². The summed E-state index contributed by atoms with van der Waals surface area (Å²) in [5, 5.41) is 0. The fourth-order valence-corrected chi connectivity index (χ4v) is 0.776. The first kappa shape index (κ1) is 8.52. The molecule has 0 N–H and O–H groups in total. The Bertz CT molecular complexity index is 336. The number of hydrogen-bond donors (Lipinski definition) is 0. The largest absolute Gasteiger partial charge is 0.298 e. The van der Waals surface area contributed by atoms with E-state index < -0.39 is 11.6 Å². The standard InChI is InChI=1S/C8H6FNO2/c1-5(12)8-7(9)2-6(4-11)3-10-8/h2-4H,1H3. The van der Waals surface area contributed by atoms with Crippen molar-refractivity contribution in [1.82, 2.24) is 4.98 Å². The maximum Gasteiger partial charge on any atom is 0.181 e. The van der Waals surface area contributed by atoms with Crippen molar-refractivity contribution < 1.29 is 14.0 Å². The molecule has 0 unspecified atom stereocenters. The van der Waals surface area contributed by atoms with E-state index >= 15 is 0 Å². The third kappa shape index (κ3) is 1.53. The first-order valence-electron chi connectivity index (χ1n) is 3.27. The highest BCUT2D eigenvalue weighted by Crippen LogP contribution is 2.05. The van der Waals surface area contributed by atoms with E-state index in [0.29, 0.717) is 6.29 Å². The Hall–Kier alpha value is -1.58. The molecule has 0 bridgehead atoms. The lowest BCUT2D eigenvalue weighted by molar-refractivity contribution is 0.100. The summed E-state index contributed by atoms with van der Waals surface area (Å²) in [6.45, 7) is 1.21. The van der Waals surface area contributed by atoms with E-state index in [1.165, 1.54) is 6.92 Å². The van der Waals surface area contributed by atoms with Crippen molar-refractivity contribution in [3.63, 3.8) is 0 Å². The molecule has 1 rings (SSSR count). The second-order valence-corrected chi connectivity index (χ2v) is 2.27. The van der Waals surface area contributed by atoms with Gasteiger partial charge in [-0.05, 0) is 6.07 Å². The lowest BCUT2D eigenvalue weighted by Crippen LogP contribution is -2.01. The van der Waals surface area contributed by atoms with Crippen LogP contribution in [0.15, 0.2) is 12.3 Å². The van der Waals surface area contributed by atoms with Gasteiger partial charge in [0.2, 0.25) is 0 Å². The van der Waals surface area contributed by atoms with Gasteiger partial charge in [-0.25, -0.2) is 9.37 Å². The summed E-state index contributed by atoms with van der Waals surface area (Å²) in [5.74, 6) is -1.21. The maximum absolute atomic E-state index is 12.8. The number of aldehydes is 1. The van der Waals surface area contributed by atoms with Gasteiger partial charge in [0.15, 0.2) is 17.9 Å². The number of hydrogen-bond acceptors (Lipinski definition) is 3. The summed E-state index contributed by atoms with van der Waals surface area (Å²) in [7, 11) is 0. The average Bonchev–Trinajstić information content (AvgIpc) is 2.03. The zero-order valence-electron chi connectivity index (χ0n) is 6.37. The quantitative estimate of drug-likeness (QED) is 0.491. The number of carbonyl (C=O) groups excluding carboxylic acids is 2. The molecule has 0 aliphatic carbocycles. The Morgan fingerprint density at radius 1 is 1.67 bits per heavy atom. The highest BCUT2D eigenvalue weighted by Gasteiger charge is 2.08. The molecule has 0 fully saturated rings. The van der Waals surface area contributed by atoms with Crippen LogP contribution in [0.5, 0.6) is 0 Å². The predicted molar refractivity (Wildman–Crippen MR) is 39.6 cm³/mol. The minimum absolute atomic E-state index is 0.123. The second kappa shape index (κ2) is 3.21. The summed E-state index contributed by atoms with van der Waals surface area (Å²) in [6.07, 6.45) is 1.63. The predicted octanol–water partition coefficient (Wildman–Crippen LogP) is 1.24. The van der Waals surface area contributed by atoms with Gasteiger partial charge in [-0.2, -0.15) is 0 Å². The van der Waals surface area contributed by atoms with Gasteiger partial charge < -0.3 is 0 Å². The molecular weight excluding hydrogens is 161 g/mol. The van der Waals surface area contributed by atoms with E-state index in [1.807, 2.05) is 0 Å². The highest BCUT2D eigenvalue weighted by atomic mass is 19.1.